The Morgan fingerprint density at radius 3 is 2.72 bits per heavy atom. The highest BCUT2D eigenvalue weighted by Crippen LogP contribution is 2.20. The van der Waals surface area contributed by atoms with Crippen LogP contribution in [-0.2, 0) is 0 Å². The number of rotatable bonds is 6. The van der Waals surface area contributed by atoms with Crippen molar-refractivity contribution in [2.75, 3.05) is 39.3 Å². The maximum atomic E-state index is 12.2. The summed E-state index contributed by atoms with van der Waals surface area (Å²) in [6.07, 6.45) is 6.18. The molecule has 2 saturated heterocycles. The van der Waals surface area contributed by atoms with E-state index >= 15 is 0 Å². The summed E-state index contributed by atoms with van der Waals surface area (Å²) in [5.74, 6) is 1.45. The van der Waals surface area contributed by atoms with E-state index in [4.69, 9.17) is 0 Å². The van der Waals surface area contributed by atoms with Gasteiger partial charge in [0.05, 0.1) is 12.2 Å². The Kier molecular flexibility index (Phi) is 6.42. The highest BCUT2D eigenvalue weighted by molar-refractivity contribution is 5.91. The van der Waals surface area contributed by atoms with Gasteiger partial charge in [-0.15, -0.1) is 5.10 Å². The van der Waals surface area contributed by atoms with Crippen molar-refractivity contribution < 1.29 is 4.79 Å². The Balaban J connectivity index is 1.38. The van der Waals surface area contributed by atoms with Gasteiger partial charge in [-0.1, -0.05) is 19.1 Å². The molecule has 2 unspecified atom stereocenters. The van der Waals surface area contributed by atoms with Crippen molar-refractivity contribution >= 4 is 5.91 Å². The fourth-order valence-electron chi connectivity index (χ4n) is 4.20. The number of carbonyl (C=O) groups excluding carboxylic acids is 1. The van der Waals surface area contributed by atoms with Gasteiger partial charge in [0.1, 0.15) is 0 Å². The molecule has 7 heteroatoms. The Morgan fingerprint density at radius 1 is 1.28 bits per heavy atom. The summed E-state index contributed by atoms with van der Waals surface area (Å²) >= 11 is 0. The predicted octanol–water partition coefficient (Wildman–Crippen LogP) is 1.30. The molecule has 1 aromatic rings. The van der Waals surface area contributed by atoms with Crippen molar-refractivity contribution in [2.24, 2.45) is 11.8 Å². The van der Waals surface area contributed by atoms with Crippen LogP contribution in [0.4, 0.5) is 0 Å². The molecule has 0 radical (unpaired) electrons. The Bertz CT molecular complexity index is 544. The standard InChI is InChI=1S/C18H32N6O/c1-14-10-15(2)12-23(11-14)9-3-6-20-18(25)17-13-24(22-21-17)16-4-7-19-8-5-16/h13-16,19H,3-12H2,1-2H3,(H,20,25). The van der Waals surface area contributed by atoms with E-state index in [0.717, 1.165) is 50.7 Å². The number of hydrogen-bond acceptors (Lipinski definition) is 5. The summed E-state index contributed by atoms with van der Waals surface area (Å²) in [4.78, 5) is 14.8. The van der Waals surface area contributed by atoms with E-state index in [1.807, 2.05) is 4.68 Å². The Morgan fingerprint density at radius 2 is 2.00 bits per heavy atom. The number of piperidine rings is 2. The van der Waals surface area contributed by atoms with Gasteiger partial charge in [0.15, 0.2) is 5.69 Å². The zero-order chi connectivity index (χ0) is 17.6. The van der Waals surface area contributed by atoms with E-state index in [2.05, 4.69) is 39.7 Å². The van der Waals surface area contributed by atoms with Gasteiger partial charge in [0.25, 0.3) is 5.91 Å². The number of nitrogens with zero attached hydrogens (tertiary/aromatic N) is 4. The second-order valence-corrected chi connectivity index (χ2v) is 7.88. The summed E-state index contributed by atoms with van der Waals surface area (Å²) in [6, 6.07) is 0.360. The van der Waals surface area contributed by atoms with E-state index in [1.54, 1.807) is 6.20 Å². The minimum atomic E-state index is -0.111. The smallest absolute Gasteiger partial charge is 0.273 e. The zero-order valence-corrected chi connectivity index (χ0v) is 15.6. The van der Waals surface area contributed by atoms with Crippen LogP contribution in [0.1, 0.15) is 56.1 Å². The molecular weight excluding hydrogens is 316 g/mol. The molecule has 1 aromatic heterocycles. The van der Waals surface area contributed by atoms with E-state index in [0.29, 0.717) is 18.3 Å². The van der Waals surface area contributed by atoms with Gasteiger partial charge >= 0.3 is 0 Å². The quantitative estimate of drug-likeness (QED) is 0.758. The molecule has 3 rings (SSSR count). The van der Waals surface area contributed by atoms with Crippen LogP contribution in [0.2, 0.25) is 0 Å². The molecular formula is C18H32N6O. The fraction of sp³-hybridized carbons (Fsp3) is 0.833. The molecule has 2 fully saturated rings. The van der Waals surface area contributed by atoms with Crippen LogP contribution < -0.4 is 10.6 Å². The molecule has 140 valence electrons. The second kappa shape index (κ2) is 8.76. The summed E-state index contributed by atoms with van der Waals surface area (Å²) in [6.45, 7) is 10.8. The summed E-state index contributed by atoms with van der Waals surface area (Å²) in [7, 11) is 0. The third-order valence-corrected chi connectivity index (χ3v) is 5.31. The molecule has 0 aromatic carbocycles. The van der Waals surface area contributed by atoms with Crippen LogP contribution in [0.3, 0.4) is 0 Å². The molecule has 1 amide bonds. The molecule has 2 aliphatic rings. The molecule has 0 aliphatic carbocycles. The lowest BCUT2D eigenvalue weighted by Gasteiger charge is -2.34. The first-order chi connectivity index (χ1) is 12.1. The minimum Gasteiger partial charge on any atom is -0.351 e. The molecule has 2 aliphatic heterocycles. The molecule has 3 heterocycles. The van der Waals surface area contributed by atoms with Gasteiger partial charge in [-0.2, -0.15) is 0 Å². The van der Waals surface area contributed by atoms with Crippen molar-refractivity contribution in [3.63, 3.8) is 0 Å². The molecule has 0 saturated carbocycles. The highest BCUT2D eigenvalue weighted by Gasteiger charge is 2.21. The number of nitrogens with one attached hydrogen (secondary N) is 2. The van der Waals surface area contributed by atoms with E-state index in [1.165, 1.54) is 19.5 Å². The zero-order valence-electron chi connectivity index (χ0n) is 15.6. The third kappa shape index (κ3) is 5.25. The first kappa shape index (κ1) is 18.3. The van der Waals surface area contributed by atoms with Crippen LogP contribution in [-0.4, -0.2) is 65.1 Å². The number of likely N-dealkylation sites (tertiary alicyclic amines) is 1. The maximum Gasteiger partial charge on any atom is 0.273 e. The van der Waals surface area contributed by atoms with Gasteiger partial charge in [-0.05, 0) is 57.2 Å². The fourth-order valence-corrected chi connectivity index (χ4v) is 4.20. The van der Waals surface area contributed by atoms with Crippen molar-refractivity contribution in [1.82, 2.24) is 30.5 Å². The molecule has 0 bridgehead atoms. The van der Waals surface area contributed by atoms with Crippen LogP contribution in [0.15, 0.2) is 6.20 Å². The summed E-state index contributed by atoms with van der Waals surface area (Å²) < 4.78 is 1.85. The predicted molar refractivity (Wildman–Crippen MR) is 97.5 cm³/mol. The minimum absolute atomic E-state index is 0.111. The summed E-state index contributed by atoms with van der Waals surface area (Å²) in [5, 5.41) is 14.5. The normalized spacial score (nSPS) is 25.8. The number of carbonyl (C=O) groups is 1. The Labute approximate surface area is 150 Å². The molecule has 7 nitrogen and oxygen atoms in total. The lowest BCUT2D eigenvalue weighted by Crippen LogP contribution is -2.40. The molecule has 25 heavy (non-hydrogen) atoms. The van der Waals surface area contributed by atoms with Crippen LogP contribution in [0.25, 0.3) is 0 Å². The van der Waals surface area contributed by atoms with Crippen LogP contribution in [0.5, 0.6) is 0 Å². The average Bonchev–Trinajstić information content (AvgIpc) is 3.09. The SMILES string of the molecule is CC1CC(C)CN(CCCNC(=O)c2cn(C3CCNCC3)nn2)C1. The van der Waals surface area contributed by atoms with Gasteiger partial charge < -0.3 is 15.5 Å². The van der Waals surface area contributed by atoms with E-state index in [9.17, 15) is 4.79 Å². The van der Waals surface area contributed by atoms with Gasteiger partial charge in [-0.3, -0.25) is 4.79 Å². The number of aromatic nitrogens is 3. The number of amides is 1. The van der Waals surface area contributed by atoms with Crippen LogP contribution in [0, 0.1) is 11.8 Å². The third-order valence-electron chi connectivity index (χ3n) is 5.31. The second-order valence-electron chi connectivity index (χ2n) is 7.88. The van der Waals surface area contributed by atoms with Crippen molar-refractivity contribution in [1.29, 1.82) is 0 Å². The monoisotopic (exact) mass is 348 g/mol. The Hall–Kier alpha value is -1.47. The van der Waals surface area contributed by atoms with Gasteiger partial charge in [-0.25, -0.2) is 4.68 Å². The van der Waals surface area contributed by atoms with Crippen LogP contribution >= 0.6 is 0 Å². The summed E-state index contributed by atoms with van der Waals surface area (Å²) in [5.41, 5.74) is 0.429. The van der Waals surface area contributed by atoms with Crippen molar-refractivity contribution in [3.05, 3.63) is 11.9 Å². The topological polar surface area (TPSA) is 75.1 Å². The molecule has 0 spiro atoms. The molecule has 2 atom stereocenters. The first-order valence-electron chi connectivity index (χ1n) is 9.75. The van der Waals surface area contributed by atoms with Gasteiger partial charge in [0.2, 0.25) is 0 Å². The largest absolute Gasteiger partial charge is 0.351 e. The number of hydrogen-bond donors (Lipinski definition) is 2. The lowest BCUT2D eigenvalue weighted by molar-refractivity contribution is 0.0942. The van der Waals surface area contributed by atoms with Crippen molar-refractivity contribution in [3.8, 4) is 0 Å². The maximum absolute atomic E-state index is 12.2. The van der Waals surface area contributed by atoms with Gasteiger partial charge in [0, 0.05) is 19.6 Å². The van der Waals surface area contributed by atoms with E-state index < -0.39 is 0 Å². The lowest BCUT2D eigenvalue weighted by atomic mass is 9.92. The first-order valence-corrected chi connectivity index (χ1v) is 9.75. The van der Waals surface area contributed by atoms with Crippen molar-refractivity contribution in [2.45, 2.75) is 45.6 Å². The molecule has 2 N–H and O–H groups in total. The average molecular weight is 348 g/mol. The van der Waals surface area contributed by atoms with E-state index in [-0.39, 0.29) is 5.91 Å². The highest BCUT2D eigenvalue weighted by atomic mass is 16.2.